The predicted octanol–water partition coefficient (Wildman–Crippen LogP) is 7.67. The van der Waals surface area contributed by atoms with Crippen LogP contribution in [0.4, 0.5) is 0 Å². The summed E-state index contributed by atoms with van der Waals surface area (Å²) in [5, 5.41) is 39.1. The van der Waals surface area contributed by atoms with Crippen LogP contribution < -0.4 is 0 Å². The molecule has 0 radical (unpaired) electrons. The second-order valence-electron chi connectivity index (χ2n) is 16.0. The summed E-state index contributed by atoms with van der Waals surface area (Å²) in [5.74, 6) is -0.946. The number of phosphoric acid groups is 1. The molecular formula is C42H77O13P. The summed E-state index contributed by atoms with van der Waals surface area (Å²) >= 11 is 0. The number of unbranched alkanes of at least 4 members (excludes halogenated alkanes) is 14. The fraction of sp³-hybridized carbons (Fsp3) is 0.881. The van der Waals surface area contributed by atoms with Crippen LogP contribution in [0.1, 0.15) is 168 Å². The Hall–Kier alpha value is -1.70. The van der Waals surface area contributed by atoms with Crippen molar-refractivity contribution in [3.63, 3.8) is 0 Å². The largest absolute Gasteiger partial charge is 0.472 e. The third kappa shape index (κ3) is 27.1. The number of allylic oxidation sites excluding steroid dienone is 1. The van der Waals surface area contributed by atoms with Gasteiger partial charge in [-0.15, -0.1) is 0 Å². The van der Waals surface area contributed by atoms with Crippen LogP contribution in [0, 0.1) is 17.8 Å². The zero-order valence-corrected chi connectivity index (χ0v) is 35.6. The lowest BCUT2D eigenvalue weighted by atomic mass is 9.88. The van der Waals surface area contributed by atoms with Gasteiger partial charge in [-0.1, -0.05) is 136 Å². The van der Waals surface area contributed by atoms with Crippen molar-refractivity contribution in [1.29, 1.82) is 0 Å². The van der Waals surface area contributed by atoms with E-state index < -0.39 is 69.9 Å². The van der Waals surface area contributed by atoms with E-state index in [0.29, 0.717) is 32.1 Å². The third-order valence-electron chi connectivity index (χ3n) is 10.3. The van der Waals surface area contributed by atoms with Crippen LogP contribution in [-0.2, 0) is 37.5 Å². The van der Waals surface area contributed by atoms with Gasteiger partial charge in [-0.05, 0) is 37.5 Å². The van der Waals surface area contributed by atoms with E-state index in [-0.39, 0.29) is 37.6 Å². The number of carbonyl (C=O) groups excluding carboxylic acids is 3. The van der Waals surface area contributed by atoms with Crippen LogP contribution in [0.2, 0.25) is 0 Å². The number of phosphoric ester groups is 1. The lowest BCUT2D eigenvalue weighted by Crippen LogP contribution is -2.29. The van der Waals surface area contributed by atoms with Gasteiger partial charge >= 0.3 is 19.8 Å². The second kappa shape index (κ2) is 32.2. The van der Waals surface area contributed by atoms with Gasteiger partial charge < -0.3 is 34.8 Å². The van der Waals surface area contributed by atoms with Crippen LogP contribution in [0.25, 0.3) is 0 Å². The van der Waals surface area contributed by atoms with Gasteiger partial charge in [-0.25, -0.2) is 4.57 Å². The Morgan fingerprint density at radius 2 is 1.34 bits per heavy atom. The number of aliphatic hydroxyl groups excluding tert-OH is 4. The van der Waals surface area contributed by atoms with Crippen molar-refractivity contribution in [2.24, 2.45) is 17.8 Å². The number of hydrogen-bond acceptors (Lipinski definition) is 12. The molecule has 0 heterocycles. The van der Waals surface area contributed by atoms with E-state index in [9.17, 15) is 39.2 Å². The van der Waals surface area contributed by atoms with Crippen molar-refractivity contribution in [2.45, 2.75) is 193 Å². The summed E-state index contributed by atoms with van der Waals surface area (Å²) < 4.78 is 32.7. The number of Topliss-reactive ketones (excluding diaryl/α,β-unsaturated/α-hetero) is 1. The molecule has 0 aromatic carbocycles. The van der Waals surface area contributed by atoms with Gasteiger partial charge in [-0.2, -0.15) is 0 Å². The number of rotatable bonds is 36. The van der Waals surface area contributed by atoms with Crippen molar-refractivity contribution in [3.8, 4) is 0 Å². The van der Waals surface area contributed by atoms with E-state index in [1.807, 2.05) is 0 Å². The van der Waals surface area contributed by atoms with Crippen LogP contribution in [0.3, 0.4) is 0 Å². The maximum absolute atomic E-state index is 12.7. The van der Waals surface area contributed by atoms with Crippen LogP contribution in [0.15, 0.2) is 12.2 Å². The molecule has 1 fully saturated rings. The first-order chi connectivity index (χ1) is 26.8. The molecule has 0 aromatic rings. The monoisotopic (exact) mass is 821 g/mol. The minimum atomic E-state index is -4.68. The fourth-order valence-electron chi connectivity index (χ4n) is 6.85. The fourth-order valence-corrected chi connectivity index (χ4v) is 7.64. The van der Waals surface area contributed by atoms with Crippen molar-refractivity contribution >= 4 is 25.5 Å². The van der Waals surface area contributed by atoms with E-state index >= 15 is 0 Å². The molecule has 1 aliphatic carbocycles. The molecule has 1 rings (SSSR count). The molecule has 56 heavy (non-hydrogen) atoms. The summed E-state index contributed by atoms with van der Waals surface area (Å²) in [7, 11) is -4.68. The Morgan fingerprint density at radius 1 is 0.786 bits per heavy atom. The van der Waals surface area contributed by atoms with Gasteiger partial charge in [0.05, 0.1) is 32.0 Å². The molecule has 328 valence electrons. The van der Waals surface area contributed by atoms with Crippen LogP contribution in [0.5, 0.6) is 0 Å². The number of aliphatic hydroxyl groups is 4. The highest BCUT2D eigenvalue weighted by Gasteiger charge is 2.39. The van der Waals surface area contributed by atoms with E-state index in [1.54, 1.807) is 12.2 Å². The first-order valence-electron chi connectivity index (χ1n) is 21.6. The van der Waals surface area contributed by atoms with Gasteiger partial charge in [0.25, 0.3) is 0 Å². The summed E-state index contributed by atoms with van der Waals surface area (Å²) in [6, 6.07) is 0. The highest BCUT2D eigenvalue weighted by atomic mass is 31.2. The van der Waals surface area contributed by atoms with Crippen molar-refractivity contribution in [3.05, 3.63) is 12.2 Å². The van der Waals surface area contributed by atoms with E-state index in [1.165, 1.54) is 44.9 Å². The SMILES string of the molecule is CCCCC[C@H](O)/C=C/[C@H]1C(=O)C[C@H](O)[C@@H]1CCCCCCC(=O)O[C@H](COC(=O)CCCCCCCCCCCCC(C)C)COP(=O)(O)OC[C@@H](O)CO. The molecule has 1 unspecified atom stereocenters. The van der Waals surface area contributed by atoms with Gasteiger partial charge in [0.15, 0.2) is 6.10 Å². The lowest BCUT2D eigenvalue weighted by molar-refractivity contribution is -0.161. The van der Waals surface area contributed by atoms with E-state index in [2.05, 4.69) is 25.3 Å². The van der Waals surface area contributed by atoms with Crippen molar-refractivity contribution < 1.29 is 62.8 Å². The highest BCUT2D eigenvalue weighted by Crippen LogP contribution is 2.43. The Kier molecular flexibility index (Phi) is 30.1. The topological polar surface area (TPSA) is 206 Å². The Bertz CT molecular complexity index is 1120. The third-order valence-corrected chi connectivity index (χ3v) is 11.2. The number of ketones is 1. The highest BCUT2D eigenvalue weighted by molar-refractivity contribution is 7.47. The van der Waals surface area contributed by atoms with Gasteiger partial charge in [0.2, 0.25) is 0 Å². The minimum Gasteiger partial charge on any atom is -0.462 e. The number of hydrogen-bond donors (Lipinski definition) is 5. The smallest absolute Gasteiger partial charge is 0.462 e. The zero-order chi connectivity index (χ0) is 41.6. The Morgan fingerprint density at radius 3 is 1.95 bits per heavy atom. The maximum atomic E-state index is 12.7. The Labute approximate surface area is 336 Å². The molecule has 7 atom stereocenters. The molecule has 14 heteroatoms. The first kappa shape index (κ1) is 52.3. The molecule has 0 bridgehead atoms. The van der Waals surface area contributed by atoms with Gasteiger partial charge in [0, 0.05) is 25.2 Å². The summed E-state index contributed by atoms with van der Waals surface area (Å²) in [5.41, 5.74) is 0. The first-order valence-corrected chi connectivity index (χ1v) is 23.1. The molecular weight excluding hydrogens is 743 g/mol. The van der Waals surface area contributed by atoms with E-state index in [0.717, 1.165) is 57.3 Å². The molecule has 0 amide bonds. The summed E-state index contributed by atoms with van der Waals surface area (Å²) in [4.78, 5) is 47.7. The average Bonchev–Trinajstić information content (AvgIpc) is 3.43. The molecule has 0 spiro atoms. The van der Waals surface area contributed by atoms with Gasteiger partial charge in [-0.3, -0.25) is 23.4 Å². The van der Waals surface area contributed by atoms with Crippen LogP contribution in [-0.4, -0.2) is 93.9 Å². The standard InChI is InChI=1S/C42H77O13P/c1-4-5-16-22-34(44)26-27-38-37(39(46)28-40(38)47)23-18-14-15-20-25-42(49)55-36(32-54-56(50,51)53-30-35(45)29-43)31-52-41(48)24-19-13-11-9-7-6-8-10-12-17-21-33(2)3/h26-27,33-39,43-46H,4-25,28-32H2,1-3H3,(H,50,51)/b27-26+/t34-,35-,36+,37+,38+,39-/m0/s1. The predicted molar refractivity (Wildman–Crippen MR) is 216 cm³/mol. The molecule has 5 N–H and O–H groups in total. The average molecular weight is 821 g/mol. The molecule has 1 saturated carbocycles. The maximum Gasteiger partial charge on any atom is 0.472 e. The van der Waals surface area contributed by atoms with Crippen molar-refractivity contribution in [2.75, 3.05) is 26.4 Å². The minimum absolute atomic E-state index is 0.0162. The summed E-state index contributed by atoms with van der Waals surface area (Å²) in [6.45, 7) is 4.30. The second-order valence-corrected chi connectivity index (χ2v) is 17.4. The molecule has 0 aliphatic heterocycles. The van der Waals surface area contributed by atoms with Crippen LogP contribution >= 0.6 is 7.82 Å². The van der Waals surface area contributed by atoms with Gasteiger partial charge in [0.1, 0.15) is 18.5 Å². The zero-order valence-electron chi connectivity index (χ0n) is 34.7. The van der Waals surface area contributed by atoms with Crippen molar-refractivity contribution in [1.82, 2.24) is 0 Å². The van der Waals surface area contributed by atoms with E-state index in [4.69, 9.17) is 19.1 Å². The number of carbonyl (C=O) groups is 3. The lowest BCUT2D eigenvalue weighted by Gasteiger charge is -2.20. The Balaban J connectivity index is 2.46. The molecule has 13 nitrogen and oxygen atoms in total. The molecule has 1 aliphatic rings. The normalized spacial score (nSPS) is 20.0. The number of ether oxygens (including phenoxy) is 2. The molecule has 0 saturated heterocycles. The number of esters is 2. The quantitative estimate of drug-likeness (QED) is 0.0178. The summed E-state index contributed by atoms with van der Waals surface area (Å²) in [6.07, 6.45) is 19.5. The molecule has 0 aromatic heterocycles.